The Morgan fingerprint density at radius 3 is 3.00 bits per heavy atom. The predicted octanol–water partition coefficient (Wildman–Crippen LogP) is 2.33. The molecule has 98 valence electrons. The predicted molar refractivity (Wildman–Crippen MR) is 72.3 cm³/mol. The van der Waals surface area contributed by atoms with Gasteiger partial charge in [-0.3, -0.25) is 0 Å². The SMILES string of the molecule is Cc1cc(Br)c(F)cc1NCCN1CCNC1=O. The molecule has 1 fully saturated rings. The van der Waals surface area contributed by atoms with E-state index in [1.165, 1.54) is 6.07 Å². The second-order valence-corrected chi connectivity index (χ2v) is 5.08. The third-order valence-corrected chi connectivity index (χ3v) is 3.52. The number of amides is 2. The Morgan fingerprint density at radius 2 is 2.33 bits per heavy atom. The van der Waals surface area contributed by atoms with Gasteiger partial charge in [-0.1, -0.05) is 0 Å². The summed E-state index contributed by atoms with van der Waals surface area (Å²) in [5.41, 5.74) is 1.73. The Morgan fingerprint density at radius 1 is 1.56 bits per heavy atom. The molecule has 2 rings (SSSR count). The number of hydrogen-bond acceptors (Lipinski definition) is 2. The van der Waals surface area contributed by atoms with E-state index in [0.717, 1.165) is 17.8 Å². The molecule has 0 spiro atoms. The van der Waals surface area contributed by atoms with E-state index in [0.29, 0.717) is 24.1 Å². The molecule has 0 atom stereocenters. The van der Waals surface area contributed by atoms with E-state index in [-0.39, 0.29) is 11.8 Å². The Bertz CT molecular complexity index is 467. The van der Waals surface area contributed by atoms with Crippen LogP contribution >= 0.6 is 15.9 Å². The van der Waals surface area contributed by atoms with E-state index in [9.17, 15) is 9.18 Å². The highest BCUT2D eigenvalue weighted by atomic mass is 79.9. The number of hydrogen-bond donors (Lipinski definition) is 2. The van der Waals surface area contributed by atoms with E-state index >= 15 is 0 Å². The Labute approximate surface area is 114 Å². The van der Waals surface area contributed by atoms with Crippen LogP contribution < -0.4 is 10.6 Å². The molecule has 1 aliphatic rings. The van der Waals surface area contributed by atoms with Crippen LogP contribution in [0.2, 0.25) is 0 Å². The number of rotatable bonds is 4. The molecular weight excluding hydrogens is 301 g/mol. The molecule has 18 heavy (non-hydrogen) atoms. The first-order valence-corrected chi connectivity index (χ1v) is 6.59. The van der Waals surface area contributed by atoms with Crippen molar-refractivity contribution in [2.75, 3.05) is 31.5 Å². The lowest BCUT2D eigenvalue weighted by Gasteiger charge is -2.16. The maximum Gasteiger partial charge on any atom is 0.317 e. The maximum atomic E-state index is 13.4. The smallest absolute Gasteiger partial charge is 0.317 e. The molecule has 1 heterocycles. The number of nitrogens with one attached hydrogen (secondary N) is 2. The van der Waals surface area contributed by atoms with Crippen LogP contribution in [-0.2, 0) is 0 Å². The third kappa shape index (κ3) is 2.93. The van der Waals surface area contributed by atoms with Gasteiger partial charge in [-0.05, 0) is 40.5 Å². The Hall–Kier alpha value is -1.30. The topological polar surface area (TPSA) is 44.4 Å². The molecule has 0 unspecified atom stereocenters. The van der Waals surface area contributed by atoms with Gasteiger partial charge in [-0.2, -0.15) is 0 Å². The first-order valence-electron chi connectivity index (χ1n) is 5.80. The average molecular weight is 316 g/mol. The number of aryl methyl sites for hydroxylation is 1. The normalized spacial score (nSPS) is 14.8. The van der Waals surface area contributed by atoms with Crippen LogP contribution in [0.15, 0.2) is 16.6 Å². The molecule has 0 radical (unpaired) electrons. The lowest BCUT2D eigenvalue weighted by molar-refractivity contribution is 0.219. The summed E-state index contributed by atoms with van der Waals surface area (Å²) in [6, 6.07) is 3.17. The summed E-state index contributed by atoms with van der Waals surface area (Å²) in [6.45, 7) is 4.56. The lowest BCUT2D eigenvalue weighted by Crippen LogP contribution is -2.32. The molecule has 2 N–H and O–H groups in total. The molecule has 2 amide bonds. The molecule has 0 saturated carbocycles. The van der Waals surface area contributed by atoms with Crippen molar-refractivity contribution in [2.24, 2.45) is 0 Å². The molecule has 1 aliphatic heterocycles. The van der Waals surface area contributed by atoms with Gasteiger partial charge < -0.3 is 15.5 Å². The number of urea groups is 1. The number of benzene rings is 1. The fraction of sp³-hybridized carbons (Fsp3) is 0.417. The van der Waals surface area contributed by atoms with E-state index in [1.807, 2.05) is 6.92 Å². The zero-order chi connectivity index (χ0) is 13.1. The first kappa shape index (κ1) is 13.1. The highest BCUT2D eigenvalue weighted by Crippen LogP contribution is 2.23. The van der Waals surface area contributed by atoms with Crippen LogP contribution in [0.4, 0.5) is 14.9 Å². The summed E-state index contributed by atoms with van der Waals surface area (Å²) in [5.74, 6) is -0.290. The van der Waals surface area contributed by atoms with Gasteiger partial charge in [0.2, 0.25) is 0 Å². The van der Waals surface area contributed by atoms with E-state index < -0.39 is 0 Å². The van der Waals surface area contributed by atoms with E-state index in [1.54, 1.807) is 11.0 Å². The summed E-state index contributed by atoms with van der Waals surface area (Å²) in [7, 11) is 0. The molecule has 0 aliphatic carbocycles. The van der Waals surface area contributed by atoms with Crippen molar-refractivity contribution < 1.29 is 9.18 Å². The third-order valence-electron chi connectivity index (χ3n) is 2.91. The molecule has 0 bridgehead atoms. The molecule has 4 nitrogen and oxygen atoms in total. The highest BCUT2D eigenvalue weighted by molar-refractivity contribution is 9.10. The van der Waals surface area contributed by atoms with Crippen molar-refractivity contribution >= 4 is 27.6 Å². The largest absolute Gasteiger partial charge is 0.383 e. The molecule has 1 aromatic carbocycles. The van der Waals surface area contributed by atoms with Gasteiger partial charge in [-0.15, -0.1) is 0 Å². The van der Waals surface area contributed by atoms with Crippen molar-refractivity contribution in [3.8, 4) is 0 Å². The number of anilines is 1. The summed E-state index contributed by atoms with van der Waals surface area (Å²) in [4.78, 5) is 13.0. The quantitative estimate of drug-likeness (QED) is 0.895. The fourth-order valence-electron chi connectivity index (χ4n) is 1.89. The molecular formula is C12H15BrFN3O. The second-order valence-electron chi connectivity index (χ2n) is 4.23. The standard InChI is InChI=1S/C12H15BrFN3O/c1-8-6-9(13)10(14)7-11(8)15-2-4-17-5-3-16-12(17)18/h6-7,15H,2-5H2,1H3,(H,16,18). The van der Waals surface area contributed by atoms with Crippen LogP contribution in [0.1, 0.15) is 5.56 Å². The van der Waals surface area contributed by atoms with Gasteiger partial charge in [0.05, 0.1) is 4.47 Å². The van der Waals surface area contributed by atoms with Crippen molar-refractivity contribution in [3.05, 3.63) is 28.0 Å². The highest BCUT2D eigenvalue weighted by Gasteiger charge is 2.18. The van der Waals surface area contributed by atoms with Gasteiger partial charge in [0, 0.05) is 31.9 Å². The number of carbonyl (C=O) groups excluding carboxylic acids is 1. The lowest BCUT2D eigenvalue weighted by atomic mass is 10.2. The van der Waals surface area contributed by atoms with Crippen molar-refractivity contribution in [1.29, 1.82) is 0 Å². The van der Waals surface area contributed by atoms with Crippen LogP contribution in [0.3, 0.4) is 0 Å². The van der Waals surface area contributed by atoms with Gasteiger partial charge in [0.25, 0.3) is 0 Å². The fourth-order valence-corrected chi connectivity index (χ4v) is 2.34. The zero-order valence-electron chi connectivity index (χ0n) is 10.1. The van der Waals surface area contributed by atoms with Gasteiger partial charge in [0.1, 0.15) is 5.82 Å². The van der Waals surface area contributed by atoms with E-state index in [2.05, 4.69) is 26.6 Å². The minimum atomic E-state index is -0.290. The summed E-state index contributed by atoms with van der Waals surface area (Å²) >= 11 is 3.15. The van der Waals surface area contributed by atoms with Gasteiger partial charge in [-0.25, -0.2) is 9.18 Å². The molecule has 1 saturated heterocycles. The summed E-state index contributed by atoms with van der Waals surface area (Å²) in [5, 5.41) is 5.89. The van der Waals surface area contributed by atoms with Crippen molar-refractivity contribution in [2.45, 2.75) is 6.92 Å². The van der Waals surface area contributed by atoms with Crippen molar-refractivity contribution in [3.63, 3.8) is 0 Å². The number of nitrogens with zero attached hydrogens (tertiary/aromatic N) is 1. The van der Waals surface area contributed by atoms with Crippen LogP contribution in [0.5, 0.6) is 0 Å². The van der Waals surface area contributed by atoms with Crippen LogP contribution in [0, 0.1) is 12.7 Å². The average Bonchev–Trinajstić information content (AvgIpc) is 2.72. The summed E-state index contributed by atoms with van der Waals surface area (Å²) in [6.07, 6.45) is 0. The Balaban J connectivity index is 1.90. The van der Waals surface area contributed by atoms with Gasteiger partial charge in [0.15, 0.2) is 0 Å². The molecule has 6 heteroatoms. The van der Waals surface area contributed by atoms with Crippen LogP contribution in [0.25, 0.3) is 0 Å². The molecule has 1 aromatic rings. The monoisotopic (exact) mass is 315 g/mol. The van der Waals surface area contributed by atoms with E-state index in [4.69, 9.17) is 0 Å². The maximum absolute atomic E-state index is 13.4. The second kappa shape index (κ2) is 5.56. The van der Waals surface area contributed by atoms with Gasteiger partial charge >= 0.3 is 6.03 Å². The summed E-state index contributed by atoms with van der Waals surface area (Å²) < 4.78 is 13.9. The minimum Gasteiger partial charge on any atom is -0.383 e. The number of carbonyl (C=O) groups is 1. The zero-order valence-corrected chi connectivity index (χ0v) is 11.7. The Kier molecular flexibility index (Phi) is 4.06. The number of halogens is 2. The van der Waals surface area contributed by atoms with Crippen LogP contribution in [-0.4, -0.2) is 37.1 Å². The first-order chi connectivity index (χ1) is 8.58. The van der Waals surface area contributed by atoms with Crippen molar-refractivity contribution in [1.82, 2.24) is 10.2 Å². The molecule has 0 aromatic heterocycles. The minimum absolute atomic E-state index is 0.0319.